The molecule has 1 amide bonds. The van der Waals surface area contributed by atoms with Crippen LogP contribution in [0.3, 0.4) is 0 Å². The number of hydrogen-bond donors (Lipinski definition) is 2. The number of amides is 1. The van der Waals surface area contributed by atoms with Gasteiger partial charge in [0.15, 0.2) is 9.84 Å². The van der Waals surface area contributed by atoms with Gasteiger partial charge in [0.2, 0.25) is 5.91 Å². The Kier molecular flexibility index (Phi) is 4.55. The van der Waals surface area contributed by atoms with Crippen LogP contribution >= 0.6 is 0 Å². The van der Waals surface area contributed by atoms with E-state index < -0.39 is 21.4 Å². The highest BCUT2D eigenvalue weighted by Gasteiger charge is 2.33. The summed E-state index contributed by atoms with van der Waals surface area (Å²) in [5, 5.41) is 12.6. The Morgan fingerprint density at radius 1 is 1.41 bits per heavy atom. The van der Waals surface area contributed by atoms with E-state index in [1.807, 2.05) is 13.8 Å². The second kappa shape index (κ2) is 5.35. The predicted octanol–water partition coefficient (Wildman–Crippen LogP) is 0.0884. The number of rotatable bonds is 5. The monoisotopic (exact) mass is 263 g/mol. The molecule has 0 aromatic carbocycles. The molecule has 1 heterocycles. The van der Waals surface area contributed by atoms with Gasteiger partial charge in [-0.05, 0) is 19.3 Å². The molecule has 1 aliphatic heterocycles. The molecule has 2 N–H and O–H groups in total. The minimum absolute atomic E-state index is 0.0600. The van der Waals surface area contributed by atoms with Crippen molar-refractivity contribution in [2.45, 2.75) is 38.7 Å². The average molecular weight is 263 g/mol. The Morgan fingerprint density at radius 3 is 2.41 bits per heavy atom. The first-order chi connectivity index (χ1) is 7.82. The van der Waals surface area contributed by atoms with E-state index in [9.17, 15) is 18.3 Å². The summed E-state index contributed by atoms with van der Waals surface area (Å²) < 4.78 is 22.5. The van der Waals surface area contributed by atoms with Crippen LogP contribution in [0.25, 0.3) is 0 Å². The summed E-state index contributed by atoms with van der Waals surface area (Å²) >= 11 is 0. The maximum Gasteiger partial charge on any atom is 0.224 e. The number of aliphatic hydroxyl groups is 1. The van der Waals surface area contributed by atoms with Crippen molar-refractivity contribution in [1.82, 2.24) is 5.32 Å². The third kappa shape index (κ3) is 3.96. The zero-order chi connectivity index (χ0) is 13.1. The van der Waals surface area contributed by atoms with Crippen molar-refractivity contribution in [2.24, 2.45) is 5.92 Å². The molecule has 1 rings (SSSR count). The Bertz CT molecular complexity index is 373. The molecular formula is C11H21NO4S. The zero-order valence-electron chi connectivity index (χ0n) is 10.4. The summed E-state index contributed by atoms with van der Waals surface area (Å²) in [6, 6.07) is 0. The lowest BCUT2D eigenvalue weighted by atomic mass is 9.97. The maximum atomic E-state index is 11.7. The highest BCUT2D eigenvalue weighted by Crippen LogP contribution is 2.19. The fourth-order valence-corrected chi connectivity index (χ4v) is 3.64. The molecule has 17 heavy (non-hydrogen) atoms. The lowest BCUT2D eigenvalue weighted by molar-refractivity contribution is -0.125. The molecule has 1 fully saturated rings. The molecule has 1 aliphatic rings. The molecule has 0 radical (unpaired) electrons. The fourth-order valence-electron chi connectivity index (χ4n) is 1.90. The van der Waals surface area contributed by atoms with E-state index in [1.54, 1.807) is 0 Å². The van der Waals surface area contributed by atoms with Crippen LogP contribution in [0.5, 0.6) is 0 Å². The molecule has 0 saturated carbocycles. The van der Waals surface area contributed by atoms with E-state index in [2.05, 4.69) is 5.32 Å². The van der Waals surface area contributed by atoms with Crippen LogP contribution < -0.4 is 5.32 Å². The SMILES string of the molecule is CCC(O)(CC)CNC(=O)C1CCS(=O)(=O)C1. The van der Waals surface area contributed by atoms with Crippen LogP contribution in [-0.2, 0) is 14.6 Å². The van der Waals surface area contributed by atoms with E-state index >= 15 is 0 Å². The molecule has 0 bridgehead atoms. The summed E-state index contributed by atoms with van der Waals surface area (Å²) in [5.41, 5.74) is -0.882. The van der Waals surface area contributed by atoms with E-state index in [0.717, 1.165) is 0 Å². The van der Waals surface area contributed by atoms with Gasteiger partial charge in [0.25, 0.3) is 0 Å². The summed E-state index contributed by atoms with van der Waals surface area (Å²) in [6.07, 6.45) is 1.52. The molecule has 1 saturated heterocycles. The third-order valence-electron chi connectivity index (χ3n) is 3.51. The second-order valence-electron chi connectivity index (χ2n) is 4.75. The van der Waals surface area contributed by atoms with E-state index in [0.29, 0.717) is 19.3 Å². The largest absolute Gasteiger partial charge is 0.388 e. The zero-order valence-corrected chi connectivity index (χ0v) is 11.2. The normalized spacial score (nSPS) is 23.6. The molecule has 0 aromatic rings. The molecule has 0 aromatic heterocycles. The van der Waals surface area contributed by atoms with Crippen molar-refractivity contribution >= 4 is 15.7 Å². The van der Waals surface area contributed by atoms with Gasteiger partial charge < -0.3 is 10.4 Å². The molecule has 100 valence electrons. The van der Waals surface area contributed by atoms with Gasteiger partial charge in [-0.15, -0.1) is 0 Å². The Morgan fingerprint density at radius 2 is 2.00 bits per heavy atom. The van der Waals surface area contributed by atoms with Gasteiger partial charge in [0, 0.05) is 6.54 Å². The standard InChI is InChI=1S/C11H21NO4S/c1-3-11(14,4-2)8-12-10(13)9-5-6-17(15,16)7-9/h9,14H,3-8H2,1-2H3,(H,12,13). The van der Waals surface area contributed by atoms with Crippen molar-refractivity contribution in [1.29, 1.82) is 0 Å². The van der Waals surface area contributed by atoms with E-state index in [4.69, 9.17) is 0 Å². The Hall–Kier alpha value is -0.620. The lowest BCUT2D eigenvalue weighted by Gasteiger charge is -2.26. The Balaban J connectivity index is 2.46. The average Bonchev–Trinajstić information content (AvgIpc) is 2.66. The first kappa shape index (κ1) is 14.4. The van der Waals surface area contributed by atoms with Gasteiger partial charge in [-0.1, -0.05) is 13.8 Å². The first-order valence-corrected chi connectivity index (χ1v) is 7.84. The minimum Gasteiger partial charge on any atom is -0.388 e. The van der Waals surface area contributed by atoms with Crippen LogP contribution in [0.4, 0.5) is 0 Å². The van der Waals surface area contributed by atoms with E-state index in [1.165, 1.54) is 0 Å². The number of nitrogens with one attached hydrogen (secondary N) is 1. The second-order valence-corrected chi connectivity index (χ2v) is 6.98. The smallest absolute Gasteiger partial charge is 0.224 e. The summed E-state index contributed by atoms with van der Waals surface area (Å²) in [6.45, 7) is 3.90. The summed E-state index contributed by atoms with van der Waals surface area (Å²) in [7, 11) is -3.03. The lowest BCUT2D eigenvalue weighted by Crippen LogP contribution is -2.44. The minimum atomic E-state index is -3.03. The van der Waals surface area contributed by atoms with Gasteiger partial charge in [-0.25, -0.2) is 8.42 Å². The van der Waals surface area contributed by atoms with Crippen LogP contribution in [0, 0.1) is 5.92 Å². The van der Waals surface area contributed by atoms with Crippen molar-refractivity contribution in [3.05, 3.63) is 0 Å². The maximum absolute atomic E-state index is 11.7. The molecule has 5 nitrogen and oxygen atoms in total. The number of carbonyl (C=O) groups excluding carboxylic acids is 1. The van der Waals surface area contributed by atoms with Crippen LogP contribution in [0.1, 0.15) is 33.1 Å². The number of carbonyl (C=O) groups is 1. The van der Waals surface area contributed by atoms with Gasteiger partial charge in [0.05, 0.1) is 23.0 Å². The molecular weight excluding hydrogens is 242 g/mol. The predicted molar refractivity (Wildman–Crippen MR) is 65.3 cm³/mol. The highest BCUT2D eigenvalue weighted by atomic mass is 32.2. The molecule has 0 spiro atoms. The molecule has 6 heteroatoms. The summed E-state index contributed by atoms with van der Waals surface area (Å²) in [5.74, 6) is -0.670. The summed E-state index contributed by atoms with van der Waals surface area (Å²) in [4.78, 5) is 11.7. The van der Waals surface area contributed by atoms with Crippen LogP contribution in [-0.4, -0.2) is 43.1 Å². The number of hydrogen-bond acceptors (Lipinski definition) is 4. The molecule has 0 aliphatic carbocycles. The number of sulfone groups is 1. The topological polar surface area (TPSA) is 83.5 Å². The van der Waals surface area contributed by atoms with Crippen molar-refractivity contribution < 1.29 is 18.3 Å². The van der Waals surface area contributed by atoms with E-state index in [-0.39, 0.29) is 24.0 Å². The quantitative estimate of drug-likeness (QED) is 0.736. The van der Waals surface area contributed by atoms with Crippen molar-refractivity contribution in [2.75, 3.05) is 18.1 Å². The third-order valence-corrected chi connectivity index (χ3v) is 5.28. The van der Waals surface area contributed by atoms with Gasteiger partial charge in [0.1, 0.15) is 0 Å². The van der Waals surface area contributed by atoms with Crippen molar-refractivity contribution in [3.63, 3.8) is 0 Å². The molecule has 1 unspecified atom stereocenters. The van der Waals surface area contributed by atoms with Gasteiger partial charge in [-0.2, -0.15) is 0 Å². The highest BCUT2D eigenvalue weighted by molar-refractivity contribution is 7.91. The fraction of sp³-hybridized carbons (Fsp3) is 0.909. The first-order valence-electron chi connectivity index (χ1n) is 6.02. The van der Waals surface area contributed by atoms with Gasteiger partial charge >= 0.3 is 0 Å². The van der Waals surface area contributed by atoms with Crippen LogP contribution in [0.2, 0.25) is 0 Å². The van der Waals surface area contributed by atoms with Crippen molar-refractivity contribution in [3.8, 4) is 0 Å². The Labute approximate surface area is 103 Å². The van der Waals surface area contributed by atoms with Crippen LogP contribution in [0.15, 0.2) is 0 Å². The molecule has 1 atom stereocenters. The van der Waals surface area contributed by atoms with Gasteiger partial charge in [-0.3, -0.25) is 4.79 Å².